The van der Waals surface area contributed by atoms with Gasteiger partial charge in [-0.2, -0.15) is 0 Å². The van der Waals surface area contributed by atoms with Crippen molar-refractivity contribution in [1.29, 1.82) is 0 Å². The van der Waals surface area contributed by atoms with Crippen molar-refractivity contribution in [2.45, 2.75) is 44.2 Å². The number of aromatic nitrogens is 3. The van der Waals surface area contributed by atoms with Gasteiger partial charge in [0, 0.05) is 30.4 Å². The standard InChI is InChI=1S/C19H23N5O2/c25-18(5-4-13-3-1-2-6-21-13)24-16-8-12-7-14(9-15(12)16)23-19(26)17-10-20-11-22-17/h1-3,6,10-12,14-16H,4-5,7-9H2,(H,20,22)(H,23,26)(H,24,25)/t12-,14+,15-,16+/m0/s1. The molecule has 136 valence electrons. The summed E-state index contributed by atoms with van der Waals surface area (Å²) in [6.45, 7) is 0. The van der Waals surface area contributed by atoms with Gasteiger partial charge < -0.3 is 15.6 Å². The van der Waals surface area contributed by atoms with Gasteiger partial charge in [-0.3, -0.25) is 14.6 Å². The number of hydrogen-bond acceptors (Lipinski definition) is 4. The highest BCUT2D eigenvalue weighted by molar-refractivity contribution is 5.92. The maximum atomic E-state index is 12.2. The molecule has 2 saturated carbocycles. The third-order valence-corrected chi connectivity index (χ3v) is 5.58. The fourth-order valence-corrected chi connectivity index (χ4v) is 4.22. The Morgan fingerprint density at radius 3 is 2.88 bits per heavy atom. The second-order valence-corrected chi connectivity index (χ2v) is 7.26. The predicted molar refractivity (Wildman–Crippen MR) is 95.2 cm³/mol. The normalized spacial score (nSPS) is 26.6. The fraction of sp³-hybridized carbons (Fsp3) is 0.474. The highest BCUT2D eigenvalue weighted by Crippen LogP contribution is 2.47. The van der Waals surface area contributed by atoms with Gasteiger partial charge in [-0.25, -0.2) is 4.98 Å². The Morgan fingerprint density at radius 2 is 2.12 bits per heavy atom. The average molecular weight is 353 g/mol. The van der Waals surface area contributed by atoms with Crippen LogP contribution in [0.3, 0.4) is 0 Å². The van der Waals surface area contributed by atoms with Crippen LogP contribution < -0.4 is 10.6 Å². The van der Waals surface area contributed by atoms with Gasteiger partial charge in [0.25, 0.3) is 5.91 Å². The molecule has 0 spiro atoms. The summed E-state index contributed by atoms with van der Waals surface area (Å²) in [5.41, 5.74) is 1.43. The van der Waals surface area contributed by atoms with Gasteiger partial charge >= 0.3 is 0 Å². The van der Waals surface area contributed by atoms with Gasteiger partial charge in [-0.05, 0) is 49.7 Å². The Kier molecular flexibility index (Phi) is 4.69. The molecule has 0 saturated heterocycles. The summed E-state index contributed by atoms with van der Waals surface area (Å²) >= 11 is 0. The summed E-state index contributed by atoms with van der Waals surface area (Å²) in [6, 6.07) is 6.17. The van der Waals surface area contributed by atoms with Crippen molar-refractivity contribution in [3.8, 4) is 0 Å². The minimum atomic E-state index is -0.107. The number of imidazole rings is 1. The lowest BCUT2D eigenvalue weighted by molar-refractivity contribution is -0.123. The Labute approximate surface area is 152 Å². The van der Waals surface area contributed by atoms with Crippen LogP contribution in [-0.2, 0) is 11.2 Å². The zero-order valence-electron chi connectivity index (χ0n) is 14.5. The summed E-state index contributed by atoms with van der Waals surface area (Å²) in [4.78, 5) is 35.3. The van der Waals surface area contributed by atoms with E-state index < -0.39 is 0 Å². The Bertz CT molecular complexity index is 762. The first-order chi connectivity index (χ1) is 12.7. The molecule has 2 amide bonds. The quantitative estimate of drug-likeness (QED) is 0.732. The molecule has 4 atom stereocenters. The van der Waals surface area contributed by atoms with Gasteiger partial charge in [0.05, 0.1) is 12.5 Å². The number of pyridine rings is 1. The minimum absolute atomic E-state index is 0.0871. The predicted octanol–water partition coefficient (Wildman–Crippen LogP) is 1.45. The molecule has 2 aromatic rings. The van der Waals surface area contributed by atoms with Crippen LogP contribution in [0.5, 0.6) is 0 Å². The smallest absolute Gasteiger partial charge is 0.269 e. The number of fused-ring (bicyclic) bond motifs is 1. The summed E-state index contributed by atoms with van der Waals surface area (Å²) in [5, 5.41) is 6.24. The molecule has 7 heteroatoms. The first-order valence-electron chi connectivity index (χ1n) is 9.17. The van der Waals surface area contributed by atoms with Crippen LogP contribution in [0.15, 0.2) is 36.9 Å². The van der Waals surface area contributed by atoms with Crippen LogP contribution >= 0.6 is 0 Å². The van der Waals surface area contributed by atoms with E-state index in [-0.39, 0.29) is 23.9 Å². The number of nitrogens with zero attached hydrogens (tertiary/aromatic N) is 2. The van der Waals surface area contributed by atoms with Crippen LogP contribution in [0.4, 0.5) is 0 Å². The molecule has 0 bridgehead atoms. The van der Waals surface area contributed by atoms with Crippen LogP contribution in [0, 0.1) is 11.8 Å². The lowest BCUT2D eigenvalue weighted by Crippen LogP contribution is -2.50. The van der Waals surface area contributed by atoms with E-state index in [1.54, 1.807) is 6.20 Å². The number of nitrogens with one attached hydrogen (secondary N) is 3. The zero-order valence-corrected chi connectivity index (χ0v) is 14.5. The van der Waals surface area contributed by atoms with Gasteiger partial charge in [-0.15, -0.1) is 0 Å². The molecule has 2 fully saturated rings. The number of rotatable bonds is 6. The van der Waals surface area contributed by atoms with E-state index in [2.05, 4.69) is 25.6 Å². The number of hydrogen-bond donors (Lipinski definition) is 3. The molecule has 7 nitrogen and oxygen atoms in total. The third-order valence-electron chi connectivity index (χ3n) is 5.58. The molecule has 26 heavy (non-hydrogen) atoms. The van der Waals surface area contributed by atoms with Crippen molar-refractivity contribution in [2.24, 2.45) is 11.8 Å². The molecule has 0 aromatic carbocycles. The summed E-state index contributed by atoms with van der Waals surface area (Å²) in [6.07, 6.45) is 8.84. The number of carbonyl (C=O) groups excluding carboxylic acids is 2. The summed E-state index contributed by atoms with van der Waals surface area (Å²) in [7, 11) is 0. The largest absolute Gasteiger partial charge is 0.353 e. The molecule has 2 aliphatic rings. The van der Waals surface area contributed by atoms with Gasteiger partial charge in [-0.1, -0.05) is 6.07 Å². The van der Waals surface area contributed by atoms with E-state index in [9.17, 15) is 9.59 Å². The second kappa shape index (κ2) is 7.27. The molecule has 3 N–H and O–H groups in total. The highest BCUT2D eigenvalue weighted by atomic mass is 16.2. The molecule has 2 aromatic heterocycles. The Morgan fingerprint density at radius 1 is 1.19 bits per heavy atom. The lowest BCUT2D eigenvalue weighted by atomic mass is 9.71. The van der Waals surface area contributed by atoms with E-state index in [1.165, 1.54) is 12.5 Å². The van der Waals surface area contributed by atoms with Crippen molar-refractivity contribution in [1.82, 2.24) is 25.6 Å². The Balaban J connectivity index is 1.22. The number of carbonyl (C=O) groups is 2. The van der Waals surface area contributed by atoms with Crippen molar-refractivity contribution in [3.05, 3.63) is 48.3 Å². The van der Waals surface area contributed by atoms with Crippen molar-refractivity contribution in [2.75, 3.05) is 0 Å². The van der Waals surface area contributed by atoms with Gasteiger partial charge in [0.1, 0.15) is 5.69 Å². The van der Waals surface area contributed by atoms with E-state index in [0.29, 0.717) is 30.4 Å². The topological polar surface area (TPSA) is 99.8 Å². The van der Waals surface area contributed by atoms with Crippen LogP contribution in [0.2, 0.25) is 0 Å². The van der Waals surface area contributed by atoms with Crippen molar-refractivity contribution in [3.63, 3.8) is 0 Å². The second-order valence-electron chi connectivity index (χ2n) is 7.26. The Hall–Kier alpha value is -2.70. The minimum Gasteiger partial charge on any atom is -0.353 e. The van der Waals surface area contributed by atoms with E-state index >= 15 is 0 Å². The summed E-state index contributed by atoms with van der Waals surface area (Å²) in [5.74, 6) is 1.05. The zero-order chi connectivity index (χ0) is 17.9. The first-order valence-corrected chi connectivity index (χ1v) is 9.17. The molecule has 2 aliphatic carbocycles. The highest BCUT2D eigenvalue weighted by Gasteiger charge is 2.48. The van der Waals surface area contributed by atoms with Crippen LogP contribution in [0.25, 0.3) is 0 Å². The molecule has 0 radical (unpaired) electrons. The van der Waals surface area contributed by atoms with E-state index in [1.807, 2.05) is 18.2 Å². The number of amides is 2. The maximum Gasteiger partial charge on any atom is 0.269 e. The van der Waals surface area contributed by atoms with E-state index in [4.69, 9.17) is 0 Å². The molecule has 0 aliphatic heterocycles. The fourth-order valence-electron chi connectivity index (χ4n) is 4.22. The van der Waals surface area contributed by atoms with Crippen LogP contribution in [-0.4, -0.2) is 38.8 Å². The van der Waals surface area contributed by atoms with Crippen molar-refractivity contribution >= 4 is 11.8 Å². The summed E-state index contributed by atoms with van der Waals surface area (Å²) < 4.78 is 0. The first kappa shape index (κ1) is 16.8. The average Bonchev–Trinajstić information content (AvgIpc) is 3.28. The number of aromatic amines is 1. The lowest BCUT2D eigenvalue weighted by Gasteiger charge is -2.40. The van der Waals surface area contributed by atoms with Crippen LogP contribution in [0.1, 0.15) is 41.9 Å². The van der Waals surface area contributed by atoms with Gasteiger partial charge in [0.15, 0.2) is 0 Å². The number of aryl methyl sites for hydroxylation is 1. The molecular weight excluding hydrogens is 330 g/mol. The van der Waals surface area contributed by atoms with Gasteiger partial charge in [0.2, 0.25) is 5.91 Å². The third kappa shape index (κ3) is 3.61. The molecule has 4 rings (SSSR count). The molecular formula is C19H23N5O2. The SMILES string of the molecule is O=C(CCc1ccccn1)N[C@@H]1C[C@@H]2C[C@@H](NC(=O)c3cnc[nH]3)C[C@@H]21. The maximum absolute atomic E-state index is 12.2. The molecule has 2 heterocycles. The molecule has 0 unspecified atom stereocenters. The monoisotopic (exact) mass is 353 g/mol. The number of H-pyrrole nitrogens is 1. The van der Waals surface area contributed by atoms with Crippen molar-refractivity contribution < 1.29 is 9.59 Å². The van der Waals surface area contributed by atoms with E-state index in [0.717, 1.165) is 25.0 Å².